The standard InChI is InChI=1S/C16H32N2S/c1-6-7-8-10-16(4,5)12-17-15-18-14(13(2)3)9-11-19-15/h13-14H,6-12H2,1-5H3,(H,17,18). The molecule has 1 N–H and O–H groups in total. The molecule has 2 nitrogen and oxygen atoms in total. The Morgan fingerprint density at radius 2 is 2.11 bits per heavy atom. The Hall–Kier alpha value is -0.180. The summed E-state index contributed by atoms with van der Waals surface area (Å²) in [6.07, 6.45) is 6.54. The van der Waals surface area contributed by atoms with Crippen molar-refractivity contribution in [3.05, 3.63) is 0 Å². The van der Waals surface area contributed by atoms with Crippen LogP contribution in [0.5, 0.6) is 0 Å². The molecule has 19 heavy (non-hydrogen) atoms. The van der Waals surface area contributed by atoms with Crippen molar-refractivity contribution in [2.24, 2.45) is 16.3 Å². The lowest BCUT2D eigenvalue weighted by molar-refractivity contribution is 0.332. The highest BCUT2D eigenvalue weighted by Gasteiger charge is 2.22. The van der Waals surface area contributed by atoms with Crippen molar-refractivity contribution in [1.82, 2.24) is 5.32 Å². The molecule has 1 fully saturated rings. The highest BCUT2D eigenvalue weighted by atomic mass is 32.2. The van der Waals surface area contributed by atoms with Gasteiger partial charge in [0.15, 0.2) is 5.17 Å². The van der Waals surface area contributed by atoms with E-state index in [-0.39, 0.29) is 0 Å². The highest BCUT2D eigenvalue weighted by molar-refractivity contribution is 8.13. The molecule has 1 atom stereocenters. The van der Waals surface area contributed by atoms with Crippen molar-refractivity contribution in [3.63, 3.8) is 0 Å². The maximum absolute atomic E-state index is 4.83. The summed E-state index contributed by atoms with van der Waals surface area (Å²) in [5.74, 6) is 1.91. The van der Waals surface area contributed by atoms with Gasteiger partial charge in [0.1, 0.15) is 0 Å². The molecule has 112 valence electrons. The van der Waals surface area contributed by atoms with Gasteiger partial charge < -0.3 is 5.32 Å². The molecule has 0 spiro atoms. The van der Waals surface area contributed by atoms with Crippen molar-refractivity contribution in [2.45, 2.75) is 72.8 Å². The average molecular weight is 285 g/mol. The van der Waals surface area contributed by atoms with Gasteiger partial charge >= 0.3 is 0 Å². The Labute approximate surface area is 124 Å². The third-order valence-electron chi connectivity index (χ3n) is 3.89. The van der Waals surface area contributed by atoms with Crippen molar-refractivity contribution in [3.8, 4) is 0 Å². The molecule has 0 aromatic rings. The number of unbranched alkanes of at least 4 members (excludes halogenated alkanes) is 2. The molecule has 0 aliphatic carbocycles. The van der Waals surface area contributed by atoms with E-state index in [1.54, 1.807) is 0 Å². The van der Waals surface area contributed by atoms with Crippen LogP contribution in [0.15, 0.2) is 4.99 Å². The smallest absolute Gasteiger partial charge is 0.156 e. The van der Waals surface area contributed by atoms with Gasteiger partial charge in [0, 0.05) is 18.3 Å². The normalized spacial score (nSPS) is 22.8. The largest absolute Gasteiger partial charge is 0.362 e. The lowest BCUT2D eigenvalue weighted by Gasteiger charge is -2.29. The van der Waals surface area contributed by atoms with E-state index in [0.717, 1.165) is 6.54 Å². The van der Waals surface area contributed by atoms with E-state index >= 15 is 0 Å². The van der Waals surface area contributed by atoms with Crippen molar-refractivity contribution in [1.29, 1.82) is 0 Å². The second kappa shape index (κ2) is 8.18. The first-order chi connectivity index (χ1) is 8.94. The molecule has 0 saturated carbocycles. The summed E-state index contributed by atoms with van der Waals surface area (Å²) in [6.45, 7) is 12.5. The summed E-state index contributed by atoms with van der Waals surface area (Å²) in [5.41, 5.74) is 0.342. The summed E-state index contributed by atoms with van der Waals surface area (Å²) in [5, 5.41) is 4.78. The molecule has 1 heterocycles. The van der Waals surface area contributed by atoms with Crippen LogP contribution in [0.2, 0.25) is 0 Å². The Kier molecular flexibility index (Phi) is 7.27. The zero-order valence-corrected chi connectivity index (χ0v) is 14.3. The van der Waals surface area contributed by atoms with Gasteiger partial charge in [-0.2, -0.15) is 0 Å². The van der Waals surface area contributed by atoms with Crippen LogP contribution in [0.1, 0.15) is 66.7 Å². The number of thioether (sulfide) groups is 1. The van der Waals surface area contributed by atoms with Gasteiger partial charge in [0.25, 0.3) is 0 Å². The lowest BCUT2D eigenvalue weighted by atomic mass is 9.87. The zero-order chi connectivity index (χ0) is 14.3. The van der Waals surface area contributed by atoms with Crippen LogP contribution in [0, 0.1) is 11.3 Å². The minimum Gasteiger partial charge on any atom is -0.362 e. The molecule has 0 bridgehead atoms. The molecule has 0 aromatic carbocycles. The number of nitrogens with zero attached hydrogens (tertiary/aromatic N) is 1. The Morgan fingerprint density at radius 1 is 1.37 bits per heavy atom. The second-order valence-electron chi connectivity index (χ2n) is 6.87. The Morgan fingerprint density at radius 3 is 2.74 bits per heavy atom. The van der Waals surface area contributed by atoms with Gasteiger partial charge in [-0.3, -0.25) is 4.99 Å². The van der Waals surface area contributed by atoms with Gasteiger partial charge in [-0.15, -0.1) is 0 Å². The Bertz CT molecular complexity index is 284. The third-order valence-corrected chi connectivity index (χ3v) is 4.85. The first kappa shape index (κ1) is 16.9. The summed E-state index contributed by atoms with van der Waals surface area (Å²) in [4.78, 5) is 4.83. The van der Waals surface area contributed by atoms with Crippen LogP contribution < -0.4 is 5.32 Å². The quantitative estimate of drug-likeness (QED) is 0.685. The van der Waals surface area contributed by atoms with Crippen LogP contribution in [-0.2, 0) is 0 Å². The van der Waals surface area contributed by atoms with Crippen LogP contribution >= 0.6 is 11.8 Å². The maximum Gasteiger partial charge on any atom is 0.156 e. The van der Waals surface area contributed by atoms with E-state index in [2.05, 4.69) is 39.9 Å². The van der Waals surface area contributed by atoms with E-state index in [1.165, 1.54) is 43.0 Å². The van der Waals surface area contributed by atoms with Crippen molar-refractivity contribution < 1.29 is 0 Å². The van der Waals surface area contributed by atoms with Gasteiger partial charge in [-0.25, -0.2) is 0 Å². The Balaban J connectivity index is 2.41. The summed E-state index contributed by atoms with van der Waals surface area (Å²) in [6, 6.07) is 0.614. The molecular weight excluding hydrogens is 252 g/mol. The van der Waals surface area contributed by atoms with Crippen LogP contribution in [-0.4, -0.2) is 23.5 Å². The minimum absolute atomic E-state index is 0.342. The average Bonchev–Trinajstić information content (AvgIpc) is 2.37. The molecule has 1 aliphatic rings. The zero-order valence-electron chi connectivity index (χ0n) is 13.5. The molecule has 3 heteroatoms. The number of aliphatic imine (C=N–C) groups is 1. The topological polar surface area (TPSA) is 24.4 Å². The summed E-state index contributed by atoms with van der Waals surface area (Å²) in [7, 11) is 0. The fourth-order valence-electron chi connectivity index (χ4n) is 2.36. The summed E-state index contributed by atoms with van der Waals surface area (Å²) < 4.78 is 0. The molecule has 0 aromatic heterocycles. The number of rotatable bonds is 7. The highest BCUT2D eigenvalue weighted by Crippen LogP contribution is 2.25. The van der Waals surface area contributed by atoms with Crippen LogP contribution in [0.4, 0.5) is 0 Å². The van der Waals surface area contributed by atoms with Gasteiger partial charge in [-0.05, 0) is 24.2 Å². The fraction of sp³-hybridized carbons (Fsp3) is 0.938. The monoisotopic (exact) mass is 284 g/mol. The lowest BCUT2D eigenvalue weighted by Crippen LogP contribution is -2.41. The van der Waals surface area contributed by atoms with Crippen molar-refractivity contribution >= 4 is 16.9 Å². The number of nitrogens with one attached hydrogen (secondary N) is 1. The minimum atomic E-state index is 0.342. The van der Waals surface area contributed by atoms with E-state index in [0.29, 0.717) is 17.4 Å². The molecule has 0 amide bonds. The van der Waals surface area contributed by atoms with Crippen LogP contribution in [0.3, 0.4) is 0 Å². The fourth-order valence-corrected chi connectivity index (χ4v) is 3.32. The number of amidine groups is 1. The molecule has 1 saturated heterocycles. The van der Waals surface area contributed by atoms with Crippen molar-refractivity contribution in [2.75, 3.05) is 12.3 Å². The predicted octanol–water partition coefficient (Wildman–Crippen LogP) is 4.70. The third kappa shape index (κ3) is 6.69. The first-order valence-electron chi connectivity index (χ1n) is 7.88. The maximum atomic E-state index is 4.83. The van der Waals surface area contributed by atoms with Gasteiger partial charge in [0.05, 0.1) is 0 Å². The molecule has 1 rings (SSSR count). The predicted molar refractivity (Wildman–Crippen MR) is 89.1 cm³/mol. The first-order valence-corrected chi connectivity index (χ1v) is 8.87. The van der Waals surface area contributed by atoms with Gasteiger partial charge in [0.2, 0.25) is 0 Å². The van der Waals surface area contributed by atoms with Gasteiger partial charge in [-0.1, -0.05) is 65.6 Å². The SMILES string of the molecule is CCCCCC(C)(C)CN=C1NC(C(C)C)CCS1. The molecule has 1 unspecified atom stereocenters. The number of hydrogen-bond acceptors (Lipinski definition) is 2. The van der Waals surface area contributed by atoms with E-state index in [9.17, 15) is 0 Å². The second-order valence-corrected chi connectivity index (χ2v) is 7.96. The van der Waals surface area contributed by atoms with E-state index in [4.69, 9.17) is 4.99 Å². The van der Waals surface area contributed by atoms with E-state index in [1.807, 2.05) is 11.8 Å². The number of hydrogen-bond donors (Lipinski definition) is 1. The molecule has 1 aliphatic heterocycles. The molecule has 0 radical (unpaired) electrons. The summed E-state index contributed by atoms with van der Waals surface area (Å²) >= 11 is 1.89. The molecular formula is C16H32N2S. The van der Waals surface area contributed by atoms with Crippen LogP contribution in [0.25, 0.3) is 0 Å². The van der Waals surface area contributed by atoms with E-state index < -0.39 is 0 Å².